The van der Waals surface area contributed by atoms with Gasteiger partial charge in [0.2, 0.25) is 0 Å². The first-order chi connectivity index (χ1) is 2.00. The Hall–Kier alpha value is 0.893. The summed E-state index contributed by atoms with van der Waals surface area (Å²) in [6.45, 7) is 0. The molecule has 2 radical (unpaired) electrons. The van der Waals surface area contributed by atoms with Gasteiger partial charge in [0.05, 0.1) is 0 Å². The molecule has 0 bridgehead atoms. The fourth-order valence-corrected chi connectivity index (χ4v) is 1.59. The topological polar surface area (TPSA) is 0 Å². The molecule has 22 valence electrons. The Morgan fingerprint density at radius 2 is 2.00 bits per heavy atom. The van der Waals surface area contributed by atoms with Crippen LogP contribution in [0.2, 0.25) is 5.25 Å². The molecular formula is C2H4GeS. The van der Waals surface area contributed by atoms with Crippen LogP contribution in [-0.2, 0) is 0 Å². The molecule has 0 aliphatic carbocycles. The molecule has 0 saturated carbocycles. The number of rotatable bonds is 0. The van der Waals surface area contributed by atoms with Gasteiger partial charge in [0, 0.05) is 0 Å². The van der Waals surface area contributed by atoms with E-state index in [9.17, 15) is 0 Å². The zero-order valence-corrected chi connectivity index (χ0v) is 5.24. The van der Waals surface area contributed by atoms with Crippen molar-refractivity contribution in [2.75, 3.05) is 5.75 Å². The summed E-state index contributed by atoms with van der Waals surface area (Å²) < 4.78 is 0. The second-order valence-electron chi connectivity index (χ2n) is 0.743. The van der Waals surface area contributed by atoms with E-state index >= 15 is 0 Å². The van der Waals surface area contributed by atoms with Crippen molar-refractivity contribution in [3.05, 3.63) is 0 Å². The average molecular weight is 133 g/mol. The van der Waals surface area contributed by atoms with Crippen LogP contribution in [0.3, 0.4) is 0 Å². The van der Waals surface area contributed by atoms with Crippen molar-refractivity contribution in [3.8, 4) is 0 Å². The SMILES string of the molecule is C1[CH2][Ge][S]1. The summed E-state index contributed by atoms with van der Waals surface area (Å²) in [6, 6.07) is 0. The zero-order chi connectivity index (χ0) is 2.83. The molecule has 0 aromatic rings. The fourth-order valence-electron chi connectivity index (χ4n) is 0.102. The third-order valence-electron chi connectivity index (χ3n) is 0.408. The van der Waals surface area contributed by atoms with Crippen molar-refractivity contribution >= 4 is 24.4 Å². The van der Waals surface area contributed by atoms with Gasteiger partial charge in [-0.15, -0.1) is 0 Å². The van der Waals surface area contributed by atoms with E-state index in [4.69, 9.17) is 0 Å². The number of hydrogen-bond donors (Lipinski definition) is 0. The van der Waals surface area contributed by atoms with Crippen LogP contribution in [0.1, 0.15) is 0 Å². The predicted octanol–water partition coefficient (Wildman–Crippen LogP) is 0.771. The summed E-state index contributed by atoms with van der Waals surface area (Å²) in [5, 5.41) is 1.59. The third kappa shape index (κ3) is 0.433. The van der Waals surface area contributed by atoms with Crippen molar-refractivity contribution in [2.45, 2.75) is 5.25 Å². The van der Waals surface area contributed by atoms with Crippen LogP contribution in [0.15, 0.2) is 0 Å². The Balaban J connectivity index is 2.00. The first-order valence-corrected chi connectivity index (χ1v) is 6.39. The summed E-state index contributed by atoms with van der Waals surface area (Å²) in [6.07, 6.45) is 0. The van der Waals surface area contributed by atoms with Crippen molar-refractivity contribution in [1.82, 2.24) is 0 Å². The van der Waals surface area contributed by atoms with Gasteiger partial charge in [-0.3, -0.25) is 0 Å². The Kier molecular flexibility index (Phi) is 1.05. The molecule has 0 aromatic heterocycles. The second kappa shape index (κ2) is 1.36. The molecule has 0 nitrogen and oxygen atoms in total. The third-order valence-corrected chi connectivity index (χ3v) is 6.36. The van der Waals surface area contributed by atoms with Crippen LogP contribution in [0.25, 0.3) is 0 Å². The van der Waals surface area contributed by atoms with Crippen molar-refractivity contribution in [1.29, 1.82) is 0 Å². The van der Waals surface area contributed by atoms with E-state index in [0.717, 1.165) is 0 Å². The molecule has 1 saturated heterocycles. The van der Waals surface area contributed by atoms with Gasteiger partial charge in [0.1, 0.15) is 0 Å². The van der Waals surface area contributed by atoms with Crippen LogP contribution in [0, 0.1) is 0 Å². The summed E-state index contributed by atoms with van der Waals surface area (Å²) in [7, 11) is 2.16. The zero-order valence-electron chi connectivity index (χ0n) is 2.32. The van der Waals surface area contributed by atoms with Crippen molar-refractivity contribution in [2.24, 2.45) is 0 Å². The molecule has 1 aliphatic heterocycles. The minimum atomic E-state index is 0.611. The molecule has 0 unspecified atom stereocenters. The molecule has 0 amide bonds. The quantitative estimate of drug-likeness (QED) is 0.439. The van der Waals surface area contributed by atoms with E-state index in [-0.39, 0.29) is 0 Å². The van der Waals surface area contributed by atoms with Gasteiger partial charge in [-0.2, -0.15) is 0 Å². The van der Waals surface area contributed by atoms with E-state index in [1.54, 1.807) is 5.25 Å². The summed E-state index contributed by atoms with van der Waals surface area (Å²) in [5.74, 6) is 1.47. The Bertz CT molecular complexity index is 14.0. The minimum absolute atomic E-state index is 0.611. The molecule has 0 N–H and O–H groups in total. The molecule has 0 atom stereocenters. The van der Waals surface area contributed by atoms with Crippen LogP contribution in [0.4, 0.5) is 0 Å². The van der Waals surface area contributed by atoms with Crippen LogP contribution < -0.4 is 0 Å². The maximum atomic E-state index is 2.16. The average Bonchev–Trinajstić information content (AvgIpc) is 0.722. The molecule has 4 heavy (non-hydrogen) atoms. The van der Waals surface area contributed by atoms with Gasteiger partial charge < -0.3 is 0 Å². The Labute approximate surface area is 35.8 Å². The molecule has 0 aromatic carbocycles. The molecule has 1 aliphatic rings. The second-order valence-corrected chi connectivity index (χ2v) is 6.41. The predicted molar refractivity (Wildman–Crippen MR) is 23.0 cm³/mol. The first kappa shape index (κ1) is 3.10. The molecular weight excluding hydrogens is 129 g/mol. The molecule has 1 rings (SSSR count). The van der Waals surface area contributed by atoms with Crippen LogP contribution in [-0.4, -0.2) is 20.0 Å². The van der Waals surface area contributed by atoms with Crippen LogP contribution in [0.5, 0.6) is 0 Å². The van der Waals surface area contributed by atoms with Gasteiger partial charge in [-0.25, -0.2) is 0 Å². The van der Waals surface area contributed by atoms with E-state index in [0.29, 0.717) is 14.3 Å². The van der Waals surface area contributed by atoms with Gasteiger partial charge >= 0.3 is 35.4 Å². The summed E-state index contributed by atoms with van der Waals surface area (Å²) >= 11 is 0.611. The van der Waals surface area contributed by atoms with Gasteiger partial charge in [-0.1, -0.05) is 0 Å². The number of hydrogen-bond acceptors (Lipinski definition) is 1. The molecule has 1 heterocycles. The van der Waals surface area contributed by atoms with Crippen LogP contribution >= 0.6 is 10.1 Å². The van der Waals surface area contributed by atoms with E-state index < -0.39 is 0 Å². The van der Waals surface area contributed by atoms with Gasteiger partial charge in [0.15, 0.2) is 0 Å². The van der Waals surface area contributed by atoms with Crippen molar-refractivity contribution < 1.29 is 0 Å². The first-order valence-electron chi connectivity index (χ1n) is 1.35. The monoisotopic (exact) mass is 134 g/mol. The Morgan fingerprint density at radius 1 is 1.75 bits per heavy atom. The molecule has 0 spiro atoms. The summed E-state index contributed by atoms with van der Waals surface area (Å²) in [5.41, 5.74) is 0. The molecule has 2 heteroatoms. The van der Waals surface area contributed by atoms with Crippen molar-refractivity contribution in [3.63, 3.8) is 0 Å². The standard InChI is InChI=1S/C2H4GeS/c1-2-4-3-1/h1-2H2. The fraction of sp³-hybridized carbons (Fsp3) is 1.00. The Morgan fingerprint density at radius 3 is 2.00 bits per heavy atom. The van der Waals surface area contributed by atoms with E-state index in [2.05, 4.69) is 10.1 Å². The maximum absolute atomic E-state index is 2.16. The summed E-state index contributed by atoms with van der Waals surface area (Å²) in [4.78, 5) is 0. The van der Waals surface area contributed by atoms with E-state index in [1.165, 1.54) is 5.75 Å². The normalized spacial score (nSPS) is 24.0. The molecule has 1 fully saturated rings. The van der Waals surface area contributed by atoms with Gasteiger partial charge in [-0.05, 0) is 0 Å². The van der Waals surface area contributed by atoms with E-state index in [1.807, 2.05) is 0 Å². The van der Waals surface area contributed by atoms with Gasteiger partial charge in [0.25, 0.3) is 0 Å².